The van der Waals surface area contributed by atoms with Gasteiger partial charge in [-0.15, -0.1) is 11.3 Å². The normalized spacial score (nSPS) is 19.8. The fourth-order valence-corrected chi connectivity index (χ4v) is 5.91. The third-order valence-electron chi connectivity index (χ3n) is 3.92. The molecule has 0 bridgehead atoms. The lowest BCUT2D eigenvalue weighted by Gasteiger charge is -2.24. The number of benzene rings is 1. The summed E-state index contributed by atoms with van der Waals surface area (Å²) in [6.07, 6.45) is -3.35. The van der Waals surface area contributed by atoms with Crippen LogP contribution in [0.5, 0.6) is 0 Å². The molecule has 24 heavy (non-hydrogen) atoms. The van der Waals surface area contributed by atoms with Crippen LogP contribution in [-0.4, -0.2) is 19.3 Å². The Hall–Kier alpha value is -1.09. The van der Waals surface area contributed by atoms with Crippen molar-refractivity contribution in [1.82, 2.24) is 4.31 Å². The van der Waals surface area contributed by atoms with E-state index in [-0.39, 0.29) is 17.6 Å². The Labute approximate surface area is 146 Å². The molecule has 0 unspecified atom stereocenters. The first kappa shape index (κ1) is 17.7. The maximum atomic E-state index is 12.9. The molecule has 3 nitrogen and oxygen atoms in total. The van der Waals surface area contributed by atoms with Gasteiger partial charge in [-0.1, -0.05) is 17.7 Å². The molecule has 2 aromatic rings. The number of alkyl halides is 3. The maximum Gasteiger partial charge on any atom is 0.416 e. The van der Waals surface area contributed by atoms with E-state index in [4.69, 9.17) is 11.6 Å². The molecule has 0 saturated carbocycles. The second kappa shape index (κ2) is 6.33. The first-order chi connectivity index (χ1) is 11.2. The van der Waals surface area contributed by atoms with Gasteiger partial charge in [0.1, 0.15) is 4.90 Å². The number of thiophene rings is 1. The minimum absolute atomic E-state index is 0.208. The van der Waals surface area contributed by atoms with Gasteiger partial charge >= 0.3 is 6.18 Å². The lowest BCUT2D eigenvalue weighted by Crippen LogP contribution is -2.30. The van der Waals surface area contributed by atoms with Gasteiger partial charge in [0.2, 0.25) is 10.0 Å². The summed E-state index contributed by atoms with van der Waals surface area (Å²) in [4.78, 5) is 0.377. The van der Waals surface area contributed by atoms with Crippen LogP contribution >= 0.6 is 22.9 Å². The summed E-state index contributed by atoms with van der Waals surface area (Å²) in [5, 5.41) is 1.63. The summed E-state index contributed by atoms with van der Waals surface area (Å²) >= 11 is 7.34. The second-order valence-corrected chi connectivity index (χ2v) is 8.68. The third-order valence-corrected chi connectivity index (χ3v) is 7.28. The molecule has 1 saturated heterocycles. The van der Waals surface area contributed by atoms with Gasteiger partial charge in [0, 0.05) is 11.4 Å². The molecule has 1 atom stereocenters. The molecule has 1 aromatic carbocycles. The van der Waals surface area contributed by atoms with Crippen LogP contribution < -0.4 is 0 Å². The van der Waals surface area contributed by atoms with Crippen molar-refractivity contribution in [1.29, 1.82) is 0 Å². The molecule has 0 aliphatic carbocycles. The molecule has 0 radical (unpaired) electrons. The molecule has 1 aliphatic rings. The van der Waals surface area contributed by atoms with Gasteiger partial charge in [-0.2, -0.15) is 17.5 Å². The van der Waals surface area contributed by atoms with E-state index >= 15 is 0 Å². The van der Waals surface area contributed by atoms with Crippen LogP contribution in [-0.2, 0) is 16.2 Å². The Balaban J connectivity index is 2.05. The van der Waals surface area contributed by atoms with E-state index in [2.05, 4.69) is 0 Å². The molecule has 1 aliphatic heterocycles. The van der Waals surface area contributed by atoms with Crippen LogP contribution in [0.4, 0.5) is 13.2 Å². The smallest absolute Gasteiger partial charge is 0.207 e. The Morgan fingerprint density at radius 2 is 2.00 bits per heavy atom. The van der Waals surface area contributed by atoms with Gasteiger partial charge in [-0.3, -0.25) is 0 Å². The van der Waals surface area contributed by atoms with Gasteiger partial charge in [-0.25, -0.2) is 8.42 Å². The standard InChI is InChI=1S/C15H13ClF3NO2S2/c16-11-6-5-10(15(17,18)19)9-14(11)24(21,22)20-7-1-3-12(20)13-4-2-8-23-13/h2,4-6,8-9,12H,1,3,7H2/t12-/m1/s1. The van der Waals surface area contributed by atoms with Crippen LogP contribution in [0.15, 0.2) is 40.6 Å². The van der Waals surface area contributed by atoms with Crippen molar-refractivity contribution in [3.63, 3.8) is 0 Å². The summed E-state index contributed by atoms with van der Waals surface area (Å²) in [5.74, 6) is 0. The SMILES string of the molecule is O=S(=O)(c1cc(C(F)(F)F)ccc1Cl)N1CCC[C@@H]1c1cccs1. The van der Waals surface area contributed by atoms with E-state index in [1.54, 1.807) is 0 Å². The van der Waals surface area contributed by atoms with E-state index in [0.717, 1.165) is 17.0 Å². The van der Waals surface area contributed by atoms with Crippen molar-refractivity contribution in [3.8, 4) is 0 Å². The van der Waals surface area contributed by atoms with Crippen molar-refractivity contribution in [2.75, 3.05) is 6.54 Å². The lowest BCUT2D eigenvalue weighted by molar-refractivity contribution is -0.137. The minimum Gasteiger partial charge on any atom is -0.207 e. The van der Waals surface area contributed by atoms with Crippen LogP contribution in [0.25, 0.3) is 0 Å². The molecule has 2 heterocycles. The number of hydrogen-bond donors (Lipinski definition) is 0. The van der Waals surface area contributed by atoms with E-state index in [0.29, 0.717) is 18.9 Å². The van der Waals surface area contributed by atoms with Crippen molar-refractivity contribution in [2.45, 2.75) is 30.0 Å². The largest absolute Gasteiger partial charge is 0.416 e. The molecular formula is C15H13ClF3NO2S2. The van der Waals surface area contributed by atoms with Crippen LogP contribution in [0.1, 0.15) is 29.3 Å². The summed E-state index contributed by atoms with van der Waals surface area (Å²) in [7, 11) is -4.12. The summed E-state index contributed by atoms with van der Waals surface area (Å²) < 4.78 is 65.8. The molecule has 0 amide bonds. The zero-order valence-corrected chi connectivity index (χ0v) is 14.6. The van der Waals surface area contributed by atoms with Gasteiger partial charge in [0.05, 0.1) is 16.6 Å². The van der Waals surface area contributed by atoms with Crippen molar-refractivity contribution in [2.24, 2.45) is 0 Å². The molecule has 130 valence electrons. The van der Waals surface area contributed by atoms with Crippen molar-refractivity contribution < 1.29 is 21.6 Å². The first-order valence-corrected chi connectivity index (χ1v) is 9.83. The van der Waals surface area contributed by atoms with Crippen molar-refractivity contribution >= 4 is 33.0 Å². The first-order valence-electron chi connectivity index (χ1n) is 7.13. The lowest BCUT2D eigenvalue weighted by atomic mass is 10.2. The highest BCUT2D eigenvalue weighted by Crippen LogP contribution is 2.41. The maximum absolute atomic E-state index is 12.9. The number of rotatable bonds is 3. The molecule has 0 spiro atoms. The van der Waals surface area contributed by atoms with Gasteiger partial charge in [-0.05, 0) is 42.5 Å². The quantitative estimate of drug-likeness (QED) is 0.737. The summed E-state index contributed by atoms with van der Waals surface area (Å²) in [6.45, 7) is 0.261. The van der Waals surface area contributed by atoms with E-state index in [1.165, 1.54) is 15.6 Å². The van der Waals surface area contributed by atoms with Gasteiger partial charge in [0.25, 0.3) is 0 Å². The highest BCUT2D eigenvalue weighted by atomic mass is 35.5. The number of hydrogen-bond acceptors (Lipinski definition) is 3. The Morgan fingerprint density at radius 1 is 1.25 bits per heavy atom. The molecule has 9 heteroatoms. The van der Waals surface area contributed by atoms with Crippen LogP contribution in [0.2, 0.25) is 5.02 Å². The van der Waals surface area contributed by atoms with Crippen molar-refractivity contribution in [3.05, 3.63) is 51.2 Å². The topological polar surface area (TPSA) is 37.4 Å². The second-order valence-electron chi connectivity index (χ2n) is 5.43. The Morgan fingerprint density at radius 3 is 2.62 bits per heavy atom. The zero-order chi connectivity index (χ0) is 17.5. The minimum atomic E-state index is -4.63. The monoisotopic (exact) mass is 395 g/mol. The fraction of sp³-hybridized carbons (Fsp3) is 0.333. The Kier molecular flexibility index (Phi) is 4.67. The molecule has 0 N–H and O–H groups in total. The third kappa shape index (κ3) is 3.20. The zero-order valence-electron chi connectivity index (χ0n) is 12.3. The predicted molar refractivity (Wildman–Crippen MR) is 86.6 cm³/mol. The number of nitrogens with zero attached hydrogens (tertiary/aromatic N) is 1. The fourth-order valence-electron chi connectivity index (χ4n) is 2.80. The van der Waals surface area contributed by atoms with Gasteiger partial charge in [0.15, 0.2) is 0 Å². The van der Waals surface area contributed by atoms with E-state index in [9.17, 15) is 21.6 Å². The molecular weight excluding hydrogens is 383 g/mol. The van der Waals surface area contributed by atoms with Crippen LogP contribution in [0.3, 0.4) is 0 Å². The highest BCUT2D eigenvalue weighted by molar-refractivity contribution is 7.89. The molecule has 1 fully saturated rings. The van der Waals surface area contributed by atoms with Crippen LogP contribution in [0, 0.1) is 0 Å². The van der Waals surface area contributed by atoms with Gasteiger partial charge < -0.3 is 0 Å². The number of sulfonamides is 1. The average molecular weight is 396 g/mol. The Bertz CT molecular complexity index is 835. The summed E-state index contributed by atoms with van der Waals surface area (Å²) in [5.41, 5.74) is -1.03. The highest BCUT2D eigenvalue weighted by Gasteiger charge is 2.39. The average Bonchev–Trinajstić information content (AvgIpc) is 3.17. The van der Waals surface area contributed by atoms with E-state index in [1.807, 2.05) is 17.5 Å². The molecule has 1 aromatic heterocycles. The predicted octanol–water partition coefficient (Wildman–Crippen LogP) is 4.95. The van der Waals surface area contributed by atoms with E-state index < -0.39 is 26.7 Å². The number of halogens is 4. The molecule has 3 rings (SSSR count). The summed E-state index contributed by atoms with van der Waals surface area (Å²) in [6, 6.07) is 5.66.